The average Bonchev–Trinajstić information content (AvgIpc) is 2.76. The smallest absolute Gasteiger partial charge is 0.306 e. The van der Waals surface area contributed by atoms with Crippen molar-refractivity contribution in [2.24, 2.45) is 0 Å². The number of carbonyl (C=O) groups excluding carboxylic acids is 3. The lowest BCUT2D eigenvalue weighted by Gasteiger charge is -2.34. The fraction of sp³-hybridized carbons (Fsp3) is 0.889. The molecule has 0 saturated heterocycles. The standard InChI is InChI=1S/C27H51NO7/c1-6-7-8-9-10-11-12-13-14-15-16-17-18-26(30)35-24(22-34-23(2)29)21-33-20-19-25(27(31)32)28(3,4)5/h24-25H,6-22H2,1-5H3. The maximum atomic E-state index is 12.2. The molecule has 0 fully saturated rings. The van der Waals surface area contributed by atoms with Crippen LogP contribution < -0.4 is 5.11 Å². The molecule has 0 aromatic rings. The number of esters is 2. The minimum Gasteiger partial charge on any atom is -0.544 e. The number of likely N-dealkylation sites (N-methyl/N-ethyl adjacent to an activating group) is 1. The van der Waals surface area contributed by atoms with Crippen molar-refractivity contribution in [1.29, 1.82) is 0 Å². The Morgan fingerprint density at radius 3 is 1.77 bits per heavy atom. The first-order valence-corrected chi connectivity index (χ1v) is 13.5. The van der Waals surface area contributed by atoms with Gasteiger partial charge < -0.3 is 28.6 Å². The van der Waals surface area contributed by atoms with E-state index in [1.807, 2.05) is 0 Å². The summed E-state index contributed by atoms with van der Waals surface area (Å²) >= 11 is 0. The summed E-state index contributed by atoms with van der Waals surface area (Å²) in [5, 5.41) is 11.3. The van der Waals surface area contributed by atoms with Gasteiger partial charge in [0.05, 0.1) is 40.3 Å². The van der Waals surface area contributed by atoms with Crippen LogP contribution in [0.3, 0.4) is 0 Å². The van der Waals surface area contributed by atoms with Gasteiger partial charge in [-0.1, -0.05) is 77.6 Å². The van der Waals surface area contributed by atoms with Gasteiger partial charge in [0.1, 0.15) is 12.6 Å². The molecule has 0 spiro atoms. The molecule has 8 heteroatoms. The predicted molar refractivity (Wildman–Crippen MR) is 134 cm³/mol. The normalized spacial score (nSPS) is 13.3. The molecule has 2 unspecified atom stereocenters. The number of aliphatic carboxylic acids is 1. The number of ether oxygens (including phenoxy) is 3. The van der Waals surface area contributed by atoms with Crippen molar-refractivity contribution in [2.75, 3.05) is 41.0 Å². The van der Waals surface area contributed by atoms with Gasteiger partial charge >= 0.3 is 11.9 Å². The highest BCUT2D eigenvalue weighted by Crippen LogP contribution is 2.13. The topological polar surface area (TPSA) is 102 Å². The minimum absolute atomic E-state index is 0.0361. The zero-order valence-electron chi connectivity index (χ0n) is 23.0. The van der Waals surface area contributed by atoms with Crippen LogP contribution in [-0.2, 0) is 28.6 Å². The summed E-state index contributed by atoms with van der Waals surface area (Å²) in [6.07, 6.45) is 14.5. The SMILES string of the molecule is CCCCCCCCCCCCCCC(=O)OC(COCCC(C(=O)[O-])[N+](C)(C)C)COC(C)=O. The summed E-state index contributed by atoms with van der Waals surface area (Å²) in [4.78, 5) is 34.7. The van der Waals surface area contributed by atoms with Crippen LogP contribution in [-0.4, -0.2) is 75.5 Å². The molecule has 0 bridgehead atoms. The molecule has 0 amide bonds. The third-order valence-corrected chi connectivity index (χ3v) is 6.05. The molecule has 0 aromatic carbocycles. The lowest BCUT2D eigenvalue weighted by atomic mass is 10.0. The Kier molecular flexibility index (Phi) is 19.5. The number of hydrogen-bond donors (Lipinski definition) is 0. The number of unbranched alkanes of at least 4 members (excludes halogenated alkanes) is 11. The van der Waals surface area contributed by atoms with Crippen LogP contribution in [0.4, 0.5) is 0 Å². The van der Waals surface area contributed by atoms with E-state index < -0.39 is 24.1 Å². The summed E-state index contributed by atoms with van der Waals surface area (Å²) < 4.78 is 16.2. The first-order valence-electron chi connectivity index (χ1n) is 13.5. The van der Waals surface area contributed by atoms with Crippen molar-refractivity contribution in [3.05, 3.63) is 0 Å². The molecule has 0 aliphatic heterocycles. The third kappa shape index (κ3) is 20.2. The highest BCUT2D eigenvalue weighted by Gasteiger charge is 2.25. The number of rotatable bonds is 23. The van der Waals surface area contributed by atoms with Gasteiger partial charge in [0.25, 0.3) is 0 Å². The minimum atomic E-state index is -1.13. The first-order chi connectivity index (χ1) is 16.6. The molecular formula is C27H51NO7. The number of nitrogens with zero attached hydrogens (tertiary/aromatic N) is 1. The van der Waals surface area contributed by atoms with E-state index in [9.17, 15) is 19.5 Å². The van der Waals surface area contributed by atoms with Gasteiger partial charge in [-0.3, -0.25) is 9.59 Å². The molecule has 8 nitrogen and oxygen atoms in total. The largest absolute Gasteiger partial charge is 0.544 e. The Morgan fingerprint density at radius 2 is 1.31 bits per heavy atom. The lowest BCUT2D eigenvalue weighted by molar-refractivity contribution is -0.889. The molecular weight excluding hydrogens is 450 g/mol. The molecule has 206 valence electrons. The summed E-state index contributed by atoms with van der Waals surface area (Å²) in [5.41, 5.74) is 0. The second-order valence-electron chi connectivity index (χ2n) is 10.4. The van der Waals surface area contributed by atoms with Crippen molar-refractivity contribution >= 4 is 17.9 Å². The molecule has 0 rings (SSSR count). The molecule has 0 aromatic heterocycles. The van der Waals surface area contributed by atoms with Gasteiger partial charge in [0.2, 0.25) is 0 Å². The summed E-state index contributed by atoms with van der Waals surface area (Å²) in [7, 11) is 5.34. The summed E-state index contributed by atoms with van der Waals surface area (Å²) in [6, 6.07) is -0.713. The Bertz CT molecular complexity index is 574. The van der Waals surface area contributed by atoms with E-state index in [1.165, 1.54) is 64.7 Å². The number of carbonyl (C=O) groups is 3. The zero-order chi connectivity index (χ0) is 26.5. The highest BCUT2D eigenvalue weighted by atomic mass is 16.6. The van der Waals surface area contributed by atoms with Gasteiger partial charge in [0.15, 0.2) is 6.10 Å². The van der Waals surface area contributed by atoms with Crippen LogP contribution in [0, 0.1) is 0 Å². The fourth-order valence-electron chi connectivity index (χ4n) is 3.91. The fourth-order valence-corrected chi connectivity index (χ4v) is 3.91. The van der Waals surface area contributed by atoms with Crippen molar-refractivity contribution < 1.29 is 38.2 Å². The Hall–Kier alpha value is -1.67. The maximum absolute atomic E-state index is 12.2. The quantitative estimate of drug-likeness (QED) is 0.119. The van der Waals surface area contributed by atoms with Crippen molar-refractivity contribution in [3.8, 4) is 0 Å². The van der Waals surface area contributed by atoms with E-state index >= 15 is 0 Å². The van der Waals surface area contributed by atoms with E-state index in [2.05, 4.69) is 6.92 Å². The second kappa shape index (κ2) is 20.5. The van der Waals surface area contributed by atoms with Crippen LogP contribution in [0.2, 0.25) is 0 Å². The van der Waals surface area contributed by atoms with E-state index in [-0.39, 0.29) is 36.7 Å². The van der Waals surface area contributed by atoms with Gasteiger partial charge in [-0.15, -0.1) is 0 Å². The Balaban J connectivity index is 4.09. The molecule has 2 atom stereocenters. The molecule has 0 aliphatic rings. The lowest BCUT2D eigenvalue weighted by Crippen LogP contribution is -2.55. The van der Waals surface area contributed by atoms with Crippen LogP contribution >= 0.6 is 0 Å². The monoisotopic (exact) mass is 501 g/mol. The second-order valence-corrected chi connectivity index (χ2v) is 10.4. The molecule has 0 heterocycles. The maximum Gasteiger partial charge on any atom is 0.306 e. The zero-order valence-corrected chi connectivity index (χ0v) is 23.0. The number of carboxylic acids is 1. The third-order valence-electron chi connectivity index (χ3n) is 6.05. The molecule has 0 aliphatic carbocycles. The van der Waals surface area contributed by atoms with Gasteiger partial charge in [-0.05, 0) is 6.42 Å². The number of hydrogen-bond acceptors (Lipinski definition) is 7. The molecule has 0 N–H and O–H groups in total. The average molecular weight is 502 g/mol. The van der Waals surface area contributed by atoms with Crippen LogP contribution in [0.5, 0.6) is 0 Å². The van der Waals surface area contributed by atoms with Crippen LogP contribution in [0.15, 0.2) is 0 Å². The summed E-state index contributed by atoms with van der Waals surface area (Å²) in [5.74, 6) is -1.93. The Morgan fingerprint density at radius 1 is 0.800 bits per heavy atom. The van der Waals surface area contributed by atoms with Crippen molar-refractivity contribution in [1.82, 2.24) is 0 Å². The first kappa shape index (κ1) is 33.3. The van der Waals surface area contributed by atoms with E-state index in [0.29, 0.717) is 6.42 Å². The number of quaternary nitrogens is 1. The van der Waals surface area contributed by atoms with E-state index in [4.69, 9.17) is 14.2 Å². The molecule has 35 heavy (non-hydrogen) atoms. The molecule has 0 saturated carbocycles. The molecule has 0 radical (unpaired) electrons. The van der Waals surface area contributed by atoms with Crippen LogP contribution in [0.1, 0.15) is 104 Å². The predicted octanol–water partition coefficient (Wildman–Crippen LogP) is 3.78. The Labute approximate surface area is 213 Å². The van der Waals surface area contributed by atoms with Gasteiger partial charge in [0, 0.05) is 19.8 Å². The number of carboxylic acid groups (broad SMARTS) is 1. The van der Waals surface area contributed by atoms with Crippen molar-refractivity contribution in [3.63, 3.8) is 0 Å². The summed E-state index contributed by atoms with van der Waals surface area (Å²) in [6.45, 7) is 3.65. The van der Waals surface area contributed by atoms with Gasteiger partial charge in [-0.2, -0.15) is 0 Å². The highest BCUT2D eigenvalue weighted by molar-refractivity contribution is 5.70. The van der Waals surface area contributed by atoms with Gasteiger partial charge in [-0.25, -0.2) is 0 Å². The van der Waals surface area contributed by atoms with Crippen molar-refractivity contribution in [2.45, 2.75) is 116 Å². The van der Waals surface area contributed by atoms with E-state index in [1.54, 1.807) is 21.1 Å². The van der Waals surface area contributed by atoms with Crippen LogP contribution in [0.25, 0.3) is 0 Å². The van der Waals surface area contributed by atoms with E-state index in [0.717, 1.165) is 19.3 Å².